The lowest BCUT2D eigenvalue weighted by molar-refractivity contribution is -0.584. The summed E-state index contributed by atoms with van der Waals surface area (Å²) in [6.45, 7) is 2.55. The van der Waals surface area contributed by atoms with Gasteiger partial charge in [0, 0.05) is 10.2 Å². The van der Waals surface area contributed by atoms with Crippen molar-refractivity contribution in [3.8, 4) is 12.1 Å². The number of halogens is 1. The second kappa shape index (κ2) is 4.76. The van der Waals surface area contributed by atoms with Crippen LogP contribution in [0.15, 0.2) is 28.7 Å². The number of hydrogen-bond donors (Lipinski definition) is 2. The van der Waals surface area contributed by atoms with Crippen LogP contribution in [0, 0.1) is 33.5 Å². The zero-order chi connectivity index (χ0) is 17.2. The lowest BCUT2D eigenvalue weighted by Crippen LogP contribution is -2.88. The Morgan fingerprint density at radius 3 is 2.54 bits per heavy atom. The molecule has 1 aliphatic carbocycles. The smallest absolute Gasteiger partial charge is 0.278 e. The van der Waals surface area contributed by atoms with Crippen LogP contribution in [0.5, 0.6) is 0 Å². The Labute approximate surface area is 153 Å². The van der Waals surface area contributed by atoms with Crippen molar-refractivity contribution in [2.75, 3.05) is 12.4 Å². The average molecular weight is 404 g/mol. The number of nitriles is 2. The molecule has 3 N–H and O–H groups in total. The van der Waals surface area contributed by atoms with Gasteiger partial charge in [-0.25, -0.2) is 4.99 Å². The van der Waals surface area contributed by atoms with E-state index < -0.39 is 21.3 Å². The Morgan fingerprint density at radius 2 is 2.04 bits per heavy atom. The van der Waals surface area contributed by atoms with Crippen molar-refractivity contribution in [3.05, 3.63) is 34.3 Å². The maximum absolute atomic E-state index is 10.3. The van der Waals surface area contributed by atoms with Crippen LogP contribution in [-0.4, -0.2) is 23.3 Å². The molecule has 4 rings (SSSR count). The molecule has 3 aliphatic rings. The maximum Gasteiger partial charge on any atom is 0.278 e. The van der Waals surface area contributed by atoms with Crippen molar-refractivity contribution in [3.63, 3.8) is 0 Å². The first-order valence-corrected chi connectivity index (χ1v) is 9.57. The molecule has 5 nitrogen and oxygen atoms in total. The molecule has 4 atom stereocenters. The van der Waals surface area contributed by atoms with Crippen LogP contribution < -0.4 is 10.7 Å². The molecule has 0 bridgehead atoms. The summed E-state index contributed by atoms with van der Waals surface area (Å²) in [5, 5.41) is 19.5. The molecule has 7 heteroatoms. The van der Waals surface area contributed by atoms with Crippen LogP contribution >= 0.6 is 27.7 Å². The highest BCUT2D eigenvalue weighted by Gasteiger charge is 3.03. The van der Waals surface area contributed by atoms with E-state index in [0.29, 0.717) is 18.9 Å². The SMILES string of the molecule is CC[C@@]1(c2ccc(Br)cc2)[C@]2(C#N)C(N)=[NH+][C@@]3(OCCS3)[C@@]21C#N. The molecule has 2 aliphatic heterocycles. The molecule has 0 unspecified atom stereocenters. The topological polar surface area (TPSA) is 96.8 Å². The molecule has 0 aromatic heterocycles. The summed E-state index contributed by atoms with van der Waals surface area (Å²) in [7, 11) is 0. The van der Waals surface area contributed by atoms with Crippen LogP contribution in [0.3, 0.4) is 0 Å². The first-order chi connectivity index (χ1) is 11.5. The minimum atomic E-state index is -1.09. The minimum Gasteiger partial charge on any atom is -0.327 e. The van der Waals surface area contributed by atoms with E-state index in [9.17, 15) is 10.5 Å². The van der Waals surface area contributed by atoms with E-state index in [1.165, 1.54) is 0 Å². The lowest BCUT2D eigenvalue weighted by atomic mass is 9.81. The number of hydrogen-bond acceptors (Lipinski definition) is 5. The van der Waals surface area contributed by atoms with E-state index >= 15 is 0 Å². The normalized spacial score (nSPS) is 42.2. The number of benzene rings is 1. The third-order valence-corrected chi connectivity index (χ3v) is 7.71. The molecular weight excluding hydrogens is 388 g/mol. The summed E-state index contributed by atoms with van der Waals surface area (Å²) in [5.41, 5.74) is 4.46. The largest absolute Gasteiger partial charge is 0.327 e. The van der Waals surface area contributed by atoms with Crippen molar-refractivity contribution in [2.45, 2.75) is 23.8 Å². The summed E-state index contributed by atoms with van der Waals surface area (Å²) in [6.07, 6.45) is 0.629. The summed E-state index contributed by atoms with van der Waals surface area (Å²) in [5.74, 6) is 1.12. The van der Waals surface area contributed by atoms with Crippen LogP contribution in [0.1, 0.15) is 18.9 Å². The fraction of sp³-hybridized carbons (Fsp3) is 0.471. The van der Waals surface area contributed by atoms with Crippen LogP contribution in [0.25, 0.3) is 0 Å². The standard InChI is InChI=1S/C17H15BrN4OS/c1-2-14(11-3-5-12(18)6-4-11)15(9-19)13(21)22-17(16(14,15)10-20)23-7-8-24-17/h3-6H,2,7-8H2,1H3,(H2,21,22)/p+1/t14-,15+,16-,17-/m1/s1. The molecule has 122 valence electrons. The van der Waals surface area contributed by atoms with E-state index in [4.69, 9.17) is 10.5 Å². The molecule has 1 saturated carbocycles. The van der Waals surface area contributed by atoms with Gasteiger partial charge < -0.3 is 4.74 Å². The molecule has 2 fully saturated rings. The van der Waals surface area contributed by atoms with Crippen LogP contribution in [-0.2, 0) is 10.2 Å². The first-order valence-electron chi connectivity index (χ1n) is 7.79. The van der Waals surface area contributed by atoms with Gasteiger partial charge in [-0.15, -0.1) is 0 Å². The fourth-order valence-corrected chi connectivity index (χ4v) is 6.70. The Morgan fingerprint density at radius 1 is 1.33 bits per heavy atom. The maximum atomic E-state index is 10.3. The number of thioether (sulfide) groups is 1. The number of fused-ring (bicyclic) bond motifs is 2. The van der Waals surface area contributed by atoms with Gasteiger partial charge in [-0.05, 0) is 24.1 Å². The van der Waals surface area contributed by atoms with Gasteiger partial charge in [0.1, 0.15) is 0 Å². The van der Waals surface area contributed by atoms with Crippen molar-refractivity contribution in [1.29, 1.82) is 10.5 Å². The van der Waals surface area contributed by atoms with Crippen molar-refractivity contribution in [2.24, 2.45) is 16.6 Å². The third kappa shape index (κ3) is 1.29. The number of nitrogens with zero attached hydrogens (tertiary/aromatic N) is 2. The van der Waals surface area contributed by atoms with Gasteiger partial charge in [0.15, 0.2) is 10.8 Å². The zero-order valence-corrected chi connectivity index (χ0v) is 15.5. The van der Waals surface area contributed by atoms with E-state index in [1.54, 1.807) is 11.8 Å². The second-order valence-electron chi connectivity index (χ2n) is 6.34. The summed E-state index contributed by atoms with van der Waals surface area (Å²) in [4.78, 5) is 3.16. The van der Waals surface area contributed by atoms with E-state index in [1.807, 2.05) is 31.2 Å². The van der Waals surface area contributed by atoms with Crippen LogP contribution in [0.2, 0.25) is 0 Å². The quantitative estimate of drug-likeness (QED) is 0.767. The molecule has 2 heterocycles. The number of amidine groups is 1. The molecular formula is C17H16BrN4OS+. The van der Waals surface area contributed by atoms with E-state index in [-0.39, 0.29) is 0 Å². The molecule has 1 spiro atoms. The van der Waals surface area contributed by atoms with E-state index in [0.717, 1.165) is 15.8 Å². The Balaban J connectivity index is 2.03. The Kier molecular flexibility index (Phi) is 3.16. The molecule has 0 amide bonds. The fourth-order valence-electron chi connectivity index (χ4n) is 5.05. The van der Waals surface area contributed by atoms with Gasteiger partial charge in [-0.1, -0.05) is 46.7 Å². The number of nitrogens with one attached hydrogen (secondary N) is 1. The molecule has 1 aromatic carbocycles. The van der Waals surface area contributed by atoms with Gasteiger partial charge in [-0.3, -0.25) is 5.73 Å². The highest BCUT2D eigenvalue weighted by Crippen LogP contribution is 2.85. The lowest BCUT2D eigenvalue weighted by Gasteiger charge is -2.29. The molecule has 1 aromatic rings. The van der Waals surface area contributed by atoms with Gasteiger partial charge in [0.05, 0.1) is 24.2 Å². The number of ether oxygens (including phenoxy) is 1. The predicted octanol–water partition coefficient (Wildman–Crippen LogP) is 0.999. The third-order valence-electron chi connectivity index (χ3n) is 5.87. The second-order valence-corrected chi connectivity index (χ2v) is 8.53. The zero-order valence-electron chi connectivity index (χ0n) is 13.1. The van der Waals surface area contributed by atoms with Crippen LogP contribution in [0.4, 0.5) is 0 Å². The van der Waals surface area contributed by atoms with Crippen molar-refractivity contribution >= 4 is 33.5 Å². The molecule has 24 heavy (non-hydrogen) atoms. The summed E-state index contributed by atoms with van der Waals surface area (Å²) >= 11 is 4.99. The summed E-state index contributed by atoms with van der Waals surface area (Å²) < 4.78 is 6.97. The Bertz CT molecular complexity index is 836. The summed E-state index contributed by atoms with van der Waals surface area (Å²) in [6, 6.07) is 12.7. The highest BCUT2D eigenvalue weighted by molar-refractivity contribution is 9.10. The molecule has 0 radical (unpaired) electrons. The van der Waals surface area contributed by atoms with E-state index in [2.05, 4.69) is 33.1 Å². The molecule has 1 saturated heterocycles. The van der Waals surface area contributed by atoms with Crippen molar-refractivity contribution < 1.29 is 9.73 Å². The van der Waals surface area contributed by atoms with Gasteiger partial charge in [0.25, 0.3) is 10.9 Å². The van der Waals surface area contributed by atoms with Crippen molar-refractivity contribution in [1.82, 2.24) is 0 Å². The van der Waals surface area contributed by atoms with Gasteiger partial charge >= 0.3 is 0 Å². The van der Waals surface area contributed by atoms with Gasteiger partial charge in [-0.2, -0.15) is 10.5 Å². The number of nitrogens with two attached hydrogens (primary N) is 1. The van der Waals surface area contributed by atoms with Gasteiger partial charge in [0.2, 0.25) is 0 Å². The predicted molar refractivity (Wildman–Crippen MR) is 93.5 cm³/mol. The average Bonchev–Trinajstić information content (AvgIpc) is 2.81. The highest BCUT2D eigenvalue weighted by atomic mass is 79.9. The number of rotatable bonds is 2. The Hall–Kier alpha value is -1.54. The monoisotopic (exact) mass is 403 g/mol. The first kappa shape index (κ1) is 16.0. The minimum absolute atomic E-state index is 0.353.